The Morgan fingerprint density at radius 3 is 0.615 bits per heavy atom. The zero-order valence-corrected chi connectivity index (χ0v) is 45.0. The molecule has 1 rings (SSSR count). The van der Waals surface area contributed by atoms with Crippen LogP contribution >= 0.6 is 0 Å². The van der Waals surface area contributed by atoms with Crippen molar-refractivity contribution in [3.63, 3.8) is 0 Å². The van der Waals surface area contributed by atoms with E-state index in [1.54, 1.807) is 0 Å². The van der Waals surface area contributed by atoms with Gasteiger partial charge >= 0.3 is 34.2 Å². The van der Waals surface area contributed by atoms with Crippen molar-refractivity contribution in [1.29, 1.82) is 0 Å². The number of ether oxygens (including phenoxy) is 8. The zero-order valence-electron chi connectivity index (χ0n) is 35.4. The first kappa shape index (κ1) is 51.3. The Kier molecular flexibility index (Phi) is 28.2. The molecule has 1 saturated heterocycles. The Hall–Kier alpha value is 1.26. The fourth-order valence-electron chi connectivity index (χ4n) is 7.02. The summed E-state index contributed by atoms with van der Waals surface area (Å²) in [5.41, 5.74) is 0. The molecule has 1 aliphatic rings. The third-order valence-electron chi connectivity index (χ3n) is 8.83. The maximum atomic E-state index is 7.50. The number of hydrogen-bond acceptors (Lipinski definition) is 12. The quantitative estimate of drug-likeness (QED) is 0.0717. The highest BCUT2D eigenvalue weighted by Crippen LogP contribution is 2.39. The maximum absolute atomic E-state index is 7.50. The Morgan fingerprint density at radius 1 is 0.327 bits per heavy atom. The minimum absolute atomic E-state index is 0.0851. The van der Waals surface area contributed by atoms with Gasteiger partial charge in [0.15, 0.2) is 0 Å². The first-order chi connectivity index (χ1) is 24.8. The van der Waals surface area contributed by atoms with Gasteiger partial charge in [0.2, 0.25) is 0 Å². The normalized spacial score (nSPS) is 26.8. The van der Waals surface area contributed by atoms with E-state index in [4.69, 9.17) is 54.4 Å². The summed E-state index contributed by atoms with van der Waals surface area (Å²) in [5.74, 6) is -0.340. The molecule has 52 heavy (non-hydrogen) atoms. The van der Waals surface area contributed by atoms with Crippen molar-refractivity contribution in [3.05, 3.63) is 0 Å². The molecular weight excluding hydrogens is 801 g/mol. The van der Waals surface area contributed by atoms with Crippen LogP contribution in [0.1, 0.15) is 55.4 Å². The predicted molar refractivity (Wildman–Crippen MR) is 232 cm³/mol. The molecule has 12 nitrogen and oxygen atoms in total. The van der Waals surface area contributed by atoms with E-state index in [9.17, 15) is 0 Å². The van der Waals surface area contributed by atoms with Crippen molar-refractivity contribution in [1.82, 2.24) is 0 Å². The van der Waals surface area contributed by atoms with Gasteiger partial charge in [0.25, 0.3) is 0 Å². The molecule has 1 heterocycles. The molecular formula is C32H80O12Si8. The lowest BCUT2D eigenvalue weighted by Crippen LogP contribution is -2.67. The van der Waals surface area contributed by atoms with Gasteiger partial charge in [-0.2, -0.15) is 0 Å². The van der Waals surface area contributed by atoms with E-state index in [1.807, 2.05) is 55.4 Å². The molecule has 0 saturated carbocycles. The Bertz CT molecular complexity index is 721. The third-order valence-corrected chi connectivity index (χ3v) is 37.3. The molecule has 0 spiro atoms. The largest absolute Gasteiger partial charge is 0.416 e. The van der Waals surface area contributed by atoms with E-state index < -0.39 is 72.3 Å². The lowest BCUT2D eigenvalue weighted by molar-refractivity contribution is -0.0829. The molecule has 1 fully saturated rings. The van der Waals surface area contributed by atoms with Crippen LogP contribution in [0.25, 0.3) is 0 Å². The summed E-state index contributed by atoms with van der Waals surface area (Å²) < 4.78 is 77.7. The van der Waals surface area contributed by atoms with Crippen molar-refractivity contribution < 1.29 is 54.4 Å². The van der Waals surface area contributed by atoms with E-state index >= 15 is 0 Å². The first-order valence-electron chi connectivity index (χ1n) is 20.5. The van der Waals surface area contributed by atoms with Crippen LogP contribution in [0, 0.1) is 0 Å². The van der Waals surface area contributed by atoms with Crippen LogP contribution in [0.4, 0.5) is 0 Å². The van der Waals surface area contributed by atoms with Crippen molar-refractivity contribution in [2.45, 2.75) is 154 Å². The van der Waals surface area contributed by atoms with Crippen LogP contribution in [-0.2, 0) is 54.4 Å². The first-order valence-corrected chi connectivity index (χ1v) is 37.9. The average molecular weight is 882 g/mol. The van der Waals surface area contributed by atoms with Gasteiger partial charge in [-0.05, 0) is 106 Å². The Morgan fingerprint density at radius 2 is 0.481 bits per heavy atom. The van der Waals surface area contributed by atoms with E-state index in [-0.39, 0.29) is 23.7 Å². The number of rotatable bonds is 32. The highest BCUT2D eigenvalue weighted by molar-refractivity contribution is 6.94. The summed E-state index contributed by atoms with van der Waals surface area (Å²) in [7, 11) is -13.8. The minimum atomic E-state index is -2.76. The molecule has 20 heteroatoms. The van der Waals surface area contributed by atoms with Gasteiger partial charge in [-0.25, -0.2) is 0 Å². The molecule has 0 aliphatic carbocycles. The predicted octanol–water partition coefficient (Wildman–Crippen LogP) is 4.13. The highest BCUT2D eigenvalue weighted by atomic mass is 28.5. The van der Waals surface area contributed by atoms with Crippen LogP contribution in [0.3, 0.4) is 0 Å². The van der Waals surface area contributed by atoms with Gasteiger partial charge in [-0.3, -0.25) is 0 Å². The average Bonchev–Trinajstić information content (AvgIpc) is 3.04. The summed E-state index contributed by atoms with van der Waals surface area (Å²) in [4.78, 5) is 0. The SMILES string of the molecule is CCOC(OCC)[SiH2]CC[Si]1(C)O[Si](C)(CC[SiH2]C(OCC)OCC)O[Si](C)(CC[SiH2]C(OCC)OCC)O[Si](C)(CC[SiH2]C(OCC)OCC)O1. The molecule has 0 radical (unpaired) electrons. The molecule has 312 valence electrons. The van der Waals surface area contributed by atoms with Crippen molar-refractivity contribution in [2.24, 2.45) is 0 Å². The van der Waals surface area contributed by atoms with Crippen LogP contribution in [0.15, 0.2) is 0 Å². The topological polar surface area (TPSA) is 111 Å². The lowest BCUT2D eigenvalue weighted by atomic mass is 10.8. The molecule has 0 unspecified atom stereocenters. The highest BCUT2D eigenvalue weighted by Gasteiger charge is 2.56. The molecule has 0 amide bonds. The van der Waals surface area contributed by atoms with E-state index in [1.165, 1.54) is 0 Å². The van der Waals surface area contributed by atoms with Crippen molar-refractivity contribution in [2.75, 3.05) is 52.9 Å². The van der Waals surface area contributed by atoms with Crippen molar-refractivity contribution in [3.8, 4) is 0 Å². The fourth-order valence-corrected chi connectivity index (χ4v) is 45.2. The molecule has 1 aliphatic heterocycles. The molecule has 0 aromatic rings. The van der Waals surface area contributed by atoms with E-state index in [2.05, 4.69) is 26.2 Å². The van der Waals surface area contributed by atoms with Gasteiger partial charge in [0.1, 0.15) is 23.7 Å². The summed E-state index contributed by atoms with van der Waals surface area (Å²) >= 11 is 0. The van der Waals surface area contributed by atoms with Crippen LogP contribution < -0.4 is 0 Å². The number of hydrogen-bond donors (Lipinski definition) is 0. The van der Waals surface area contributed by atoms with Gasteiger partial charge in [0.05, 0.1) is 38.1 Å². The second-order valence-electron chi connectivity index (χ2n) is 13.9. The van der Waals surface area contributed by atoms with Crippen LogP contribution in [-0.4, -0.2) is 149 Å². The monoisotopic (exact) mass is 880 g/mol. The summed E-state index contributed by atoms with van der Waals surface area (Å²) in [5, 5.41) is 0. The third kappa shape index (κ3) is 21.7. The second-order valence-corrected chi connectivity index (χ2v) is 36.0. The van der Waals surface area contributed by atoms with E-state index in [0.717, 1.165) is 48.4 Å². The van der Waals surface area contributed by atoms with Crippen LogP contribution in [0.2, 0.25) is 74.5 Å². The maximum Gasteiger partial charge on any atom is 0.317 e. The fraction of sp³-hybridized carbons (Fsp3) is 1.00. The summed E-state index contributed by atoms with van der Waals surface area (Å²) in [6.07, 6.45) is 0. The standard InChI is InChI=1S/C32H80O12Si8/c1-13-33-29(34-14-2)45-21-25-49(9)41-50(10,26-22-46-30(35-15-3)36-16-4)43-52(12,28-24-48-32(39-19-7)40-20-8)44-51(11,42-49)27-23-47-31(37-17-5)38-18-6/h29-32H,13-28,45-48H2,1-12H3. The molecule has 0 atom stereocenters. The van der Waals surface area contributed by atoms with E-state index in [0.29, 0.717) is 52.9 Å². The van der Waals surface area contributed by atoms with Gasteiger partial charge < -0.3 is 54.4 Å². The van der Waals surface area contributed by atoms with Gasteiger partial charge in [-0.15, -0.1) is 0 Å². The Balaban J connectivity index is 3.46. The molecule has 0 N–H and O–H groups in total. The smallest absolute Gasteiger partial charge is 0.317 e. The lowest BCUT2D eigenvalue weighted by Gasteiger charge is -2.50. The summed E-state index contributed by atoms with van der Waals surface area (Å²) in [6, 6.07) is 7.65. The van der Waals surface area contributed by atoms with Gasteiger partial charge in [0, 0.05) is 52.9 Å². The second kappa shape index (κ2) is 28.6. The Labute approximate surface area is 331 Å². The zero-order chi connectivity index (χ0) is 38.9. The molecule has 0 bridgehead atoms. The minimum Gasteiger partial charge on any atom is -0.416 e. The summed E-state index contributed by atoms with van der Waals surface area (Å²) in [6.45, 7) is 30.6. The van der Waals surface area contributed by atoms with Crippen LogP contribution in [0.5, 0.6) is 0 Å². The molecule has 0 aromatic heterocycles. The van der Waals surface area contributed by atoms with Gasteiger partial charge in [-0.1, -0.05) is 24.2 Å². The molecule has 0 aromatic carbocycles. The van der Waals surface area contributed by atoms with Crippen molar-refractivity contribution >= 4 is 72.3 Å².